The van der Waals surface area contributed by atoms with Crippen molar-refractivity contribution in [3.8, 4) is 5.75 Å². The lowest BCUT2D eigenvalue weighted by atomic mass is 9.91. The molecule has 0 bridgehead atoms. The second-order valence-corrected chi connectivity index (χ2v) is 4.95. The summed E-state index contributed by atoms with van der Waals surface area (Å²) in [6.45, 7) is 0.281. The van der Waals surface area contributed by atoms with Crippen molar-refractivity contribution in [2.45, 2.75) is 38.7 Å². The third kappa shape index (κ3) is 2.82. The van der Waals surface area contributed by atoms with Crippen molar-refractivity contribution in [2.75, 3.05) is 6.61 Å². The molecule has 0 unspecified atom stereocenters. The molecular formula is C15H18N2O3. The maximum atomic E-state index is 8.81. The summed E-state index contributed by atoms with van der Waals surface area (Å²) < 4.78 is 11.2. The van der Waals surface area contributed by atoms with Gasteiger partial charge in [0.25, 0.3) is 5.89 Å². The van der Waals surface area contributed by atoms with E-state index in [1.807, 2.05) is 12.1 Å². The zero-order chi connectivity index (χ0) is 13.8. The number of nitrogens with zero attached hydrogens (tertiary/aromatic N) is 2. The van der Waals surface area contributed by atoms with E-state index in [1.54, 1.807) is 0 Å². The van der Waals surface area contributed by atoms with Crippen LogP contribution < -0.4 is 4.74 Å². The fourth-order valence-electron chi connectivity index (χ4n) is 2.56. The summed E-state index contributed by atoms with van der Waals surface area (Å²) in [5.41, 5.74) is 2.70. The minimum atomic E-state index is 0.00861. The molecule has 0 aliphatic heterocycles. The molecule has 0 radical (unpaired) electrons. The molecule has 2 aromatic rings. The lowest BCUT2D eigenvalue weighted by Crippen LogP contribution is -2.06. The number of ether oxygens (including phenoxy) is 1. The van der Waals surface area contributed by atoms with Gasteiger partial charge in [0.15, 0.2) is 6.61 Å². The van der Waals surface area contributed by atoms with Crippen LogP contribution in [0.3, 0.4) is 0 Å². The smallest absolute Gasteiger partial charge is 0.253 e. The minimum Gasteiger partial charge on any atom is -0.484 e. The highest BCUT2D eigenvalue weighted by Crippen LogP contribution is 2.29. The molecule has 1 aliphatic carbocycles. The van der Waals surface area contributed by atoms with Crippen LogP contribution >= 0.6 is 0 Å². The second-order valence-electron chi connectivity index (χ2n) is 4.95. The molecule has 1 aromatic carbocycles. The van der Waals surface area contributed by atoms with Gasteiger partial charge in [0.1, 0.15) is 5.75 Å². The van der Waals surface area contributed by atoms with E-state index in [2.05, 4.69) is 16.3 Å². The number of benzene rings is 1. The summed E-state index contributed by atoms with van der Waals surface area (Å²) >= 11 is 0. The molecule has 3 rings (SSSR count). The Kier molecular flexibility index (Phi) is 3.97. The Balaban J connectivity index is 1.68. The topological polar surface area (TPSA) is 68.4 Å². The van der Waals surface area contributed by atoms with Gasteiger partial charge in [-0.15, -0.1) is 10.2 Å². The van der Waals surface area contributed by atoms with Crippen molar-refractivity contribution in [3.05, 3.63) is 41.1 Å². The van der Waals surface area contributed by atoms with E-state index >= 15 is 0 Å². The fourth-order valence-corrected chi connectivity index (χ4v) is 2.56. The Morgan fingerprint density at radius 3 is 2.90 bits per heavy atom. The third-order valence-corrected chi connectivity index (χ3v) is 3.54. The van der Waals surface area contributed by atoms with Crippen molar-refractivity contribution >= 4 is 0 Å². The van der Waals surface area contributed by atoms with Gasteiger partial charge in [-0.05, 0) is 42.9 Å². The van der Waals surface area contributed by atoms with Gasteiger partial charge in [0, 0.05) is 6.42 Å². The molecule has 0 spiro atoms. The maximum Gasteiger partial charge on any atom is 0.253 e. The number of rotatable bonds is 5. The Labute approximate surface area is 117 Å². The van der Waals surface area contributed by atoms with E-state index in [-0.39, 0.29) is 13.2 Å². The van der Waals surface area contributed by atoms with Crippen molar-refractivity contribution in [1.29, 1.82) is 0 Å². The van der Waals surface area contributed by atoms with Crippen molar-refractivity contribution in [2.24, 2.45) is 0 Å². The lowest BCUT2D eigenvalue weighted by Gasteiger charge is -2.18. The SMILES string of the molecule is OCCc1nnc(COc2cccc3c2CCCC3)o1. The molecule has 1 heterocycles. The van der Waals surface area contributed by atoms with E-state index in [0.29, 0.717) is 18.2 Å². The maximum absolute atomic E-state index is 8.81. The van der Waals surface area contributed by atoms with E-state index in [4.69, 9.17) is 14.3 Å². The number of aryl methyl sites for hydroxylation is 1. The zero-order valence-corrected chi connectivity index (χ0v) is 11.3. The fraction of sp³-hybridized carbons (Fsp3) is 0.467. The molecule has 5 heteroatoms. The van der Waals surface area contributed by atoms with Crippen LogP contribution in [-0.2, 0) is 25.9 Å². The summed E-state index contributed by atoms with van der Waals surface area (Å²) in [4.78, 5) is 0. The van der Waals surface area contributed by atoms with Crippen LogP contribution in [0.5, 0.6) is 5.75 Å². The van der Waals surface area contributed by atoms with E-state index in [0.717, 1.165) is 18.6 Å². The number of hydrogen-bond acceptors (Lipinski definition) is 5. The first-order chi connectivity index (χ1) is 9.86. The molecule has 106 valence electrons. The Morgan fingerprint density at radius 2 is 2.00 bits per heavy atom. The van der Waals surface area contributed by atoms with Gasteiger partial charge in [-0.25, -0.2) is 0 Å². The highest BCUT2D eigenvalue weighted by molar-refractivity contribution is 5.41. The molecule has 1 N–H and O–H groups in total. The Bertz CT molecular complexity index is 580. The number of aliphatic hydroxyl groups is 1. The summed E-state index contributed by atoms with van der Waals surface area (Å²) in [6.07, 6.45) is 5.06. The molecule has 0 saturated heterocycles. The molecule has 0 saturated carbocycles. The first-order valence-electron chi connectivity index (χ1n) is 7.02. The van der Waals surface area contributed by atoms with Crippen molar-refractivity contribution < 1.29 is 14.3 Å². The molecule has 5 nitrogen and oxygen atoms in total. The average Bonchev–Trinajstić information content (AvgIpc) is 2.93. The zero-order valence-electron chi connectivity index (χ0n) is 11.3. The highest BCUT2D eigenvalue weighted by Gasteiger charge is 2.14. The monoisotopic (exact) mass is 274 g/mol. The molecule has 0 amide bonds. The first kappa shape index (κ1) is 13.1. The first-order valence-corrected chi connectivity index (χ1v) is 7.02. The summed E-state index contributed by atoms with van der Waals surface area (Å²) in [5, 5.41) is 16.6. The van der Waals surface area contributed by atoms with Crippen LogP contribution in [0, 0.1) is 0 Å². The summed E-state index contributed by atoms with van der Waals surface area (Å²) in [7, 11) is 0. The van der Waals surface area contributed by atoms with Crippen molar-refractivity contribution in [1.82, 2.24) is 10.2 Å². The normalized spacial score (nSPS) is 14.1. The van der Waals surface area contributed by atoms with Gasteiger partial charge >= 0.3 is 0 Å². The van der Waals surface area contributed by atoms with Crippen LogP contribution in [0.4, 0.5) is 0 Å². The molecule has 20 heavy (non-hydrogen) atoms. The van der Waals surface area contributed by atoms with Gasteiger partial charge in [-0.2, -0.15) is 0 Å². The summed E-state index contributed by atoms with van der Waals surface area (Å²) in [5.74, 6) is 1.81. The predicted molar refractivity (Wildman–Crippen MR) is 72.5 cm³/mol. The van der Waals surface area contributed by atoms with Crippen LogP contribution in [0.25, 0.3) is 0 Å². The number of hydrogen-bond donors (Lipinski definition) is 1. The predicted octanol–water partition coefficient (Wildman–Crippen LogP) is 2.06. The second kappa shape index (κ2) is 6.05. The standard InChI is InChI=1S/C15H18N2O3/c18-9-8-14-16-17-15(20-14)10-19-13-7-3-5-11-4-1-2-6-12(11)13/h3,5,7,18H,1-2,4,6,8-10H2. The van der Waals surface area contributed by atoms with Crippen LogP contribution in [0.1, 0.15) is 35.7 Å². The molecule has 0 fully saturated rings. The Hall–Kier alpha value is -1.88. The van der Waals surface area contributed by atoms with Crippen LogP contribution in [0.15, 0.2) is 22.6 Å². The molecule has 0 atom stereocenters. The van der Waals surface area contributed by atoms with E-state index < -0.39 is 0 Å². The van der Waals surface area contributed by atoms with Crippen molar-refractivity contribution in [3.63, 3.8) is 0 Å². The quantitative estimate of drug-likeness (QED) is 0.904. The van der Waals surface area contributed by atoms with E-state index in [9.17, 15) is 0 Å². The summed E-state index contributed by atoms with van der Waals surface area (Å²) in [6, 6.07) is 6.20. The molecule has 1 aliphatic rings. The number of aromatic nitrogens is 2. The molecule has 1 aromatic heterocycles. The lowest BCUT2D eigenvalue weighted by molar-refractivity contribution is 0.247. The number of aliphatic hydroxyl groups excluding tert-OH is 1. The van der Waals surface area contributed by atoms with Gasteiger partial charge in [-0.1, -0.05) is 12.1 Å². The van der Waals surface area contributed by atoms with E-state index in [1.165, 1.54) is 24.0 Å². The van der Waals surface area contributed by atoms with Gasteiger partial charge < -0.3 is 14.3 Å². The largest absolute Gasteiger partial charge is 0.484 e. The molecular weight excluding hydrogens is 256 g/mol. The van der Waals surface area contributed by atoms with Crippen LogP contribution in [-0.4, -0.2) is 21.9 Å². The van der Waals surface area contributed by atoms with Gasteiger partial charge in [0.05, 0.1) is 6.61 Å². The van der Waals surface area contributed by atoms with Gasteiger partial charge in [0.2, 0.25) is 5.89 Å². The minimum absolute atomic E-state index is 0.00861. The third-order valence-electron chi connectivity index (χ3n) is 3.54. The highest BCUT2D eigenvalue weighted by atomic mass is 16.5. The number of fused-ring (bicyclic) bond motifs is 1. The average molecular weight is 274 g/mol. The Morgan fingerprint density at radius 1 is 1.15 bits per heavy atom. The van der Waals surface area contributed by atoms with Gasteiger partial charge in [-0.3, -0.25) is 0 Å². The van der Waals surface area contributed by atoms with Crippen LogP contribution in [0.2, 0.25) is 0 Å².